The lowest BCUT2D eigenvalue weighted by Crippen LogP contribution is -2.36. The number of carboxylic acids is 1. The van der Waals surface area contributed by atoms with E-state index in [-0.39, 0.29) is 24.8 Å². The van der Waals surface area contributed by atoms with Crippen molar-refractivity contribution in [2.45, 2.75) is 13.2 Å². The Hall–Kier alpha value is -2.54. The average Bonchev–Trinajstić information content (AvgIpc) is 2.81. The van der Waals surface area contributed by atoms with Gasteiger partial charge in [-0.2, -0.15) is 0 Å². The van der Waals surface area contributed by atoms with Crippen molar-refractivity contribution in [3.05, 3.63) is 41.2 Å². The molecule has 7 heteroatoms. The van der Waals surface area contributed by atoms with Crippen LogP contribution in [0.3, 0.4) is 0 Å². The first kappa shape index (κ1) is 14.4. The highest BCUT2D eigenvalue weighted by molar-refractivity contribution is 6.02. The van der Waals surface area contributed by atoms with Crippen LogP contribution in [0.2, 0.25) is 0 Å². The summed E-state index contributed by atoms with van der Waals surface area (Å²) in [6.07, 6.45) is -0.932. The maximum Gasteiger partial charge on any atom is 0.354 e. The number of para-hydroxylation sites is 1. The molecule has 3 rings (SSSR count). The molecule has 2 aliphatic rings. The molecule has 0 bridgehead atoms. The minimum atomic E-state index is -1.11. The second-order valence-electron chi connectivity index (χ2n) is 5.45. The van der Waals surface area contributed by atoms with Gasteiger partial charge in [-0.25, -0.2) is 4.79 Å². The van der Waals surface area contributed by atoms with Crippen molar-refractivity contribution >= 4 is 17.6 Å². The highest BCUT2D eigenvalue weighted by Gasteiger charge is 2.40. The minimum Gasteiger partial charge on any atom is -0.477 e. The Morgan fingerprint density at radius 3 is 2.64 bits per heavy atom. The number of amides is 1. The molecule has 1 unspecified atom stereocenters. The summed E-state index contributed by atoms with van der Waals surface area (Å²) in [4.78, 5) is 28.8. The summed E-state index contributed by atoms with van der Waals surface area (Å²) in [5.41, 5.74) is 1.73. The number of aliphatic hydroxyl groups excluding tert-OH is 1. The van der Waals surface area contributed by atoms with E-state index in [0.29, 0.717) is 16.9 Å². The van der Waals surface area contributed by atoms with Crippen molar-refractivity contribution in [2.75, 3.05) is 25.2 Å². The number of nitrogens with zero attached hydrogens (tertiary/aromatic N) is 3. The number of aliphatic hydroxyl groups is 1. The topological polar surface area (TPSA) is 84.3 Å². The lowest BCUT2D eigenvalue weighted by molar-refractivity contribution is -0.135. The molecular formula is C15H17N3O4. The molecule has 1 atom stereocenters. The van der Waals surface area contributed by atoms with Gasteiger partial charge in [-0.3, -0.25) is 4.79 Å². The molecule has 2 N–H and O–H groups in total. The molecule has 1 amide bonds. The number of hydrogen-bond donors (Lipinski definition) is 2. The van der Waals surface area contributed by atoms with Crippen LogP contribution in [-0.2, 0) is 4.79 Å². The second kappa shape index (κ2) is 5.03. The number of carbonyl (C=O) groups is 2. The van der Waals surface area contributed by atoms with E-state index in [9.17, 15) is 19.8 Å². The third-order valence-corrected chi connectivity index (χ3v) is 3.99. The Bertz CT molecular complexity index is 683. The van der Waals surface area contributed by atoms with Gasteiger partial charge in [0.05, 0.1) is 30.2 Å². The van der Waals surface area contributed by atoms with Gasteiger partial charge in [-0.05, 0) is 19.1 Å². The highest BCUT2D eigenvalue weighted by atomic mass is 16.4. The van der Waals surface area contributed by atoms with E-state index in [1.807, 2.05) is 0 Å². The van der Waals surface area contributed by atoms with Crippen LogP contribution in [0.25, 0.3) is 0 Å². The summed E-state index contributed by atoms with van der Waals surface area (Å²) in [6, 6.07) is 7.10. The number of benzene rings is 1. The van der Waals surface area contributed by atoms with Gasteiger partial charge in [-0.1, -0.05) is 12.1 Å². The van der Waals surface area contributed by atoms with Crippen molar-refractivity contribution in [3.63, 3.8) is 0 Å². The number of aliphatic carboxylic acids is 1. The zero-order chi connectivity index (χ0) is 16.0. The molecule has 0 saturated carbocycles. The summed E-state index contributed by atoms with van der Waals surface area (Å²) >= 11 is 0. The van der Waals surface area contributed by atoms with Crippen molar-refractivity contribution in [1.82, 2.24) is 9.80 Å². The van der Waals surface area contributed by atoms with Gasteiger partial charge in [0.1, 0.15) is 11.9 Å². The molecule has 2 heterocycles. The third-order valence-electron chi connectivity index (χ3n) is 3.99. The fourth-order valence-corrected chi connectivity index (χ4v) is 2.93. The molecule has 1 aromatic carbocycles. The predicted molar refractivity (Wildman–Crippen MR) is 78.9 cm³/mol. The van der Waals surface area contributed by atoms with Gasteiger partial charge in [0.15, 0.2) is 0 Å². The van der Waals surface area contributed by atoms with Crippen LogP contribution in [0.1, 0.15) is 17.3 Å². The molecule has 7 nitrogen and oxygen atoms in total. The largest absolute Gasteiger partial charge is 0.477 e. The van der Waals surface area contributed by atoms with Crippen molar-refractivity contribution in [3.8, 4) is 0 Å². The number of carboxylic acid groups (broad SMARTS) is 1. The first-order chi connectivity index (χ1) is 10.4. The number of carbonyl (C=O) groups excluding carboxylic acids is 1. The molecule has 0 aromatic heterocycles. The van der Waals surface area contributed by atoms with Crippen molar-refractivity contribution in [2.24, 2.45) is 0 Å². The van der Waals surface area contributed by atoms with Crippen LogP contribution in [0, 0.1) is 0 Å². The van der Waals surface area contributed by atoms with E-state index in [4.69, 9.17) is 0 Å². The SMILES string of the molecule is CC(O)N1CN2C(=C1C(=O)O)CN(C)C(=O)c1ccccc12. The van der Waals surface area contributed by atoms with E-state index in [1.165, 1.54) is 16.7 Å². The van der Waals surface area contributed by atoms with Gasteiger partial charge in [0.2, 0.25) is 0 Å². The fraction of sp³-hybridized carbons (Fsp3) is 0.333. The van der Waals surface area contributed by atoms with Crippen molar-refractivity contribution < 1.29 is 19.8 Å². The normalized spacial score (nSPS) is 19.0. The summed E-state index contributed by atoms with van der Waals surface area (Å²) in [6.45, 7) is 1.90. The predicted octanol–water partition coefficient (Wildman–Crippen LogP) is 0.486. The van der Waals surface area contributed by atoms with Gasteiger partial charge in [0.25, 0.3) is 5.91 Å². The van der Waals surface area contributed by atoms with Crippen LogP contribution >= 0.6 is 0 Å². The molecular weight excluding hydrogens is 286 g/mol. The molecule has 1 aromatic rings. The zero-order valence-electron chi connectivity index (χ0n) is 12.4. The lowest BCUT2D eigenvalue weighted by atomic mass is 10.1. The summed E-state index contributed by atoms with van der Waals surface area (Å²) < 4.78 is 0. The van der Waals surface area contributed by atoms with E-state index < -0.39 is 12.2 Å². The summed E-state index contributed by atoms with van der Waals surface area (Å²) in [5, 5.41) is 19.4. The van der Waals surface area contributed by atoms with E-state index in [2.05, 4.69) is 0 Å². The first-order valence-electron chi connectivity index (χ1n) is 6.95. The summed E-state index contributed by atoms with van der Waals surface area (Å²) in [5.74, 6) is -1.26. The lowest BCUT2D eigenvalue weighted by Gasteiger charge is -2.25. The zero-order valence-corrected chi connectivity index (χ0v) is 12.4. The fourth-order valence-electron chi connectivity index (χ4n) is 2.93. The quantitative estimate of drug-likeness (QED) is 0.827. The molecule has 0 fully saturated rings. The van der Waals surface area contributed by atoms with E-state index in [1.54, 1.807) is 36.2 Å². The van der Waals surface area contributed by atoms with Gasteiger partial charge >= 0.3 is 5.97 Å². The number of fused-ring (bicyclic) bond motifs is 3. The standard InChI is InChI=1S/C15H17N3O4/c1-9(19)17-8-18-11-6-4-3-5-10(11)14(20)16(2)7-12(18)13(17)15(21)22/h3-6,9,19H,7-8H2,1-2H3,(H,21,22). The van der Waals surface area contributed by atoms with E-state index >= 15 is 0 Å². The molecule has 116 valence electrons. The Morgan fingerprint density at radius 2 is 2.00 bits per heavy atom. The molecule has 0 aliphatic carbocycles. The van der Waals surface area contributed by atoms with Crippen LogP contribution in [-0.4, -0.2) is 58.4 Å². The maximum atomic E-state index is 12.4. The number of rotatable bonds is 2. The van der Waals surface area contributed by atoms with Crippen LogP contribution < -0.4 is 4.90 Å². The minimum absolute atomic E-state index is 0.0337. The van der Waals surface area contributed by atoms with Crippen LogP contribution in [0.5, 0.6) is 0 Å². The Kier molecular flexibility index (Phi) is 3.29. The number of hydrogen-bond acceptors (Lipinski definition) is 5. The van der Waals surface area contributed by atoms with Gasteiger partial charge < -0.3 is 24.9 Å². The van der Waals surface area contributed by atoms with E-state index in [0.717, 1.165) is 0 Å². The molecule has 0 spiro atoms. The summed E-state index contributed by atoms with van der Waals surface area (Å²) in [7, 11) is 1.64. The monoisotopic (exact) mass is 303 g/mol. The van der Waals surface area contributed by atoms with Crippen molar-refractivity contribution in [1.29, 1.82) is 0 Å². The highest BCUT2D eigenvalue weighted by Crippen LogP contribution is 2.36. The second-order valence-corrected chi connectivity index (χ2v) is 5.45. The molecule has 22 heavy (non-hydrogen) atoms. The third kappa shape index (κ3) is 2.01. The average molecular weight is 303 g/mol. The Labute approximate surface area is 127 Å². The Morgan fingerprint density at radius 1 is 1.32 bits per heavy atom. The first-order valence-corrected chi connectivity index (χ1v) is 6.95. The van der Waals surface area contributed by atoms with Gasteiger partial charge in [-0.15, -0.1) is 0 Å². The van der Waals surface area contributed by atoms with Crippen LogP contribution in [0.15, 0.2) is 35.7 Å². The molecule has 0 saturated heterocycles. The smallest absolute Gasteiger partial charge is 0.354 e. The maximum absolute atomic E-state index is 12.4. The number of likely N-dealkylation sites (N-methyl/N-ethyl adjacent to an activating group) is 1. The van der Waals surface area contributed by atoms with Gasteiger partial charge in [0, 0.05) is 7.05 Å². The number of anilines is 1. The molecule has 2 aliphatic heterocycles. The Balaban J connectivity index is 2.21. The molecule has 0 radical (unpaired) electrons. The van der Waals surface area contributed by atoms with Crippen LogP contribution in [0.4, 0.5) is 5.69 Å².